The number of amides is 4. The first-order valence-corrected chi connectivity index (χ1v) is 8.72. The molecule has 1 aliphatic carbocycles. The van der Waals surface area contributed by atoms with Gasteiger partial charge in [-0.05, 0) is 37.5 Å². The largest absolute Gasteiger partial charge is 0.452 e. The van der Waals surface area contributed by atoms with Gasteiger partial charge in [-0.15, -0.1) is 0 Å². The van der Waals surface area contributed by atoms with Gasteiger partial charge in [-0.1, -0.05) is 25.3 Å². The number of ether oxygens (including phenoxy) is 1. The molecule has 27 heavy (non-hydrogen) atoms. The van der Waals surface area contributed by atoms with Crippen LogP contribution in [0.25, 0.3) is 0 Å². The molecule has 2 N–H and O–H groups in total. The average Bonchev–Trinajstić information content (AvgIpc) is 2.86. The third-order valence-electron chi connectivity index (χ3n) is 4.85. The number of hydrogen-bond acceptors (Lipinski definition) is 5. The van der Waals surface area contributed by atoms with Crippen LogP contribution in [0.2, 0.25) is 0 Å². The van der Waals surface area contributed by atoms with Gasteiger partial charge in [-0.2, -0.15) is 5.01 Å². The summed E-state index contributed by atoms with van der Waals surface area (Å²) in [5.41, 5.74) is 1.53. The number of carbonyl (C=O) groups excluding carboxylic acids is 4. The Morgan fingerprint density at radius 3 is 2.63 bits per heavy atom. The molecule has 1 aromatic carbocycles. The lowest BCUT2D eigenvalue weighted by molar-refractivity contribution is -0.140. The van der Waals surface area contributed by atoms with Crippen LogP contribution in [0.3, 0.4) is 0 Å². The minimum absolute atomic E-state index is 0.0398. The molecule has 8 nitrogen and oxygen atoms in total. The molecule has 3 rings (SSSR count). The Morgan fingerprint density at radius 1 is 1.26 bits per heavy atom. The van der Waals surface area contributed by atoms with E-state index in [-0.39, 0.29) is 5.56 Å². The topological polar surface area (TPSA) is 105 Å². The van der Waals surface area contributed by atoms with Crippen LogP contribution in [0.4, 0.5) is 9.18 Å². The van der Waals surface area contributed by atoms with Gasteiger partial charge in [0, 0.05) is 0 Å². The van der Waals surface area contributed by atoms with E-state index in [2.05, 4.69) is 10.7 Å². The van der Waals surface area contributed by atoms with Gasteiger partial charge < -0.3 is 10.1 Å². The maximum absolute atomic E-state index is 13.5. The van der Waals surface area contributed by atoms with Gasteiger partial charge in [0.2, 0.25) is 0 Å². The average molecular weight is 377 g/mol. The number of esters is 1. The highest BCUT2D eigenvalue weighted by Crippen LogP contribution is 2.32. The maximum Gasteiger partial charge on any atom is 0.344 e. The second-order valence-corrected chi connectivity index (χ2v) is 6.79. The van der Waals surface area contributed by atoms with Crippen LogP contribution >= 0.6 is 0 Å². The van der Waals surface area contributed by atoms with E-state index in [1.807, 2.05) is 0 Å². The first-order valence-electron chi connectivity index (χ1n) is 8.72. The van der Waals surface area contributed by atoms with Crippen LogP contribution in [0, 0.1) is 12.7 Å². The summed E-state index contributed by atoms with van der Waals surface area (Å²) >= 11 is 0. The number of nitrogens with one attached hydrogen (secondary N) is 2. The zero-order chi connectivity index (χ0) is 19.6. The van der Waals surface area contributed by atoms with E-state index in [0.29, 0.717) is 23.4 Å². The monoisotopic (exact) mass is 377 g/mol. The molecule has 0 bridgehead atoms. The highest BCUT2D eigenvalue weighted by atomic mass is 19.1. The summed E-state index contributed by atoms with van der Waals surface area (Å²) in [4.78, 5) is 48.5. The molecule has 0 radical (unpaired) electrons. The fraction of sp³-hybridized carbons (Fsp3) is 0.444. The Balaban J connectivity index is 1.56. The number of benzene rings is 1. The molecule has 1 saturated carbocycles. The molecule has 0 atom stereocenters. The van der Waals surface area contributed by atoms with Crippen LogP contribution in [0.15, 0.2) is 18.2 Å². The van der Waals surface area contributed by atoms with Crippen molar-refractivity contribution < 1.29 is 28.3 Å². The van der Waals surface area contributed by atoms with Crippen molar-refractivity contribution in [2.24, 2.45) is 0 Å². The predicted molar refractivity (Wildman–Crippen MR) is 90.8 cm³/mol. The van der Waals surface area contributed by atoms with Crippen molar-refractivity contribution in [3.63, 3.8) is 0 Å². The quantitative estimate of drug-likeness (QED) is 0.612. The van der Waals surface area contributed by atoms with E-state index in [1.165, 1.54) is 12.1 Å². The smallest absolute Gasteiger partial charge is 0.344 e. The Hall–Kier alpha value is -2.97. The molecular weight excluding hydrogens is 357 g/mol. The van der Waals surface area contributed by atoms with Crippen molar-refractivity contribution in [2.75, 3.05) is 6.61 Å². The van der Waals surface area contributed by atoms with E-state index < -0.39 is 41.8 Å². The summed E-state index contributed by atoms with van der Waals surface area (Å²) in [5, 5.41) is 3.28. The van der Waals surface area contributed by atoms with E-state index in [1.54, 1.807) is 6.92 Å². The molecule has 1 aromatic rings. The molecule has 2 fully saturated rings. The summed E-state index contributed by atoms with van der Waals surface area (Å²) in [6.07, 6.45) is 3.68. The second-order valence-electron chi connectivity index (χ2n) is 6.79. The zero-order valence-electron chi connectivity index (χ0n) is 14.8. The SMILES string of the molecule is Cc1ccc(C(=O)OCC(=O)NN2C(=O)NC3(CCCCC3)C2=O)cc1F. The van der Waals surface area contributed by atoms with Crippen molar-refractivity contribution in [3.8, 4) is 0 Å². The Bertz CT molecular complexity index is 804. The number of aryl methyl sites for hydroxylation is 1. The van der Waals surface area contributed by atoms with Gasteiger partial charge in [0.25, 0.3) is 11.8 Å². The lowest BCUT2D eigenvalue weighted by Crippen LogP contribution is -2.51. The predicted octanol–water partition coefficient (Wildman–Crippen LogP) is 1.58. The van der Waals surface area contributed by atoms with Gasteiger partial charge in [-0.3, -0.25) is 15.0 Å². The van der Waals surface area contributed by atoms with E-state index in [0.717, 1.165) is 25.3 Å². The van der Waals surface area contributed by atoms with Crippen molar-refractivity contribution >= 4 is 23.8 Å². The molecular formula is C18H20FN3O5. The van der Waals surface area contributed by atoms with Crippen LogP contribution in [-0.4, -0.2) is 41.0 Å². The van der Waals surface area contributed by atoms with Crippen molar-refractivity contribution in [1.29, 1.82) is 0 Å². The summed E-state index contributed by atoms with van der Waals surface area (Å²) in [5.74, 6) is -2.80. The lowest BCUT2D eigenvalue weighted by atomic mass is 9.82. The number of urea groups is 1. The van der Waals surface area contributed by atoms with E-state index >= 15 is 0 Å². The molecule has 0 aromatic heterocycles. The Morgan fingerprint density at radius 2 is 1.96 bits per heavy atom. The fourth-order valence-electron chi connectivity index (χ4n) is 3.31. The number of rotatable bonds is 4. The van der Waals surface area contributed by atoms with Crippen LogP contribution in [0.5, 0.6) is 0 Å². The normalized spacial score (nSPS) is 18.4. The van der Waals surface area contributed by atoms with Crippen molar-refractivity contribution in [2.45, 2.75) is 44.6 Å². The number of hydrazine groups is 1. The van der Waals surface area contributed by atoms with Crippen LogP contribution in [0.1, 0.15) is 48.0 Å². The first-order chi connectivity index (χ1) is 12.8. The van der Waals surface area contributed by atoms with Gasteiger partial charge >= 0.3 is 12.0 Å². The number of hydrogen-bond donors (Lipinski definition) is 2. The molecule has 1 saturated heterocycles. The number of nitrogens with zero attached hydrogens (tertiary/aromatic N) is 1. The Kier molecular flexibility index (Phi) is 5.11. The summed E-state index contributed by atoms with van der Waals surface area (Å²) in [7, 11) is 0. The zero-order valence-corrected chi connectivity index (χ0v) is 14.8. The summed E-state index contributed by atoms with van der Waals surface area (Å²) in [6, 6.07) is 3.10. The highest BCUT2D eigenvalue weighted by Gasteiger charge is 2.52. The third kappa shape index (κ3) is 3.76. The van der Waals surface area contributed by atoms with Crippen molar-refractivity contribution in [3.05, 3.63) is 35.1 Å². The minimum Gasteiger partial charge on any atom is -0.452 e. The molecule has 9 heteroatoms. The van der Waals surface area contributed by atoms with Crippen molar-refractivity contribution in [1.82, 2.24) is 15.8 Å². The molecule has 144 valence electrons. The van der Waals surface area contributed by atoms with Crippen LogP contribution < -0.4 is 10.7 Å². The summed E-state index contributed by atoms with van der Waals surface area (Å²) < 4.78 is 18.3. The fourth-order valence-corrected chi connectivity index (χ4v) is 3.31. The summed E-state index contributed by atoms with van der Waals surface area (Å²) in [6.45, 7) is 0.841. The van der Waals surface area contributed by atoms with E-state index in [4.69, 9.17) is 4.74 Å². The van der Waals surface area contributed by atoms with Gasteiger partial charge in [-0.25, -0.2) is 14.0 Å². The minimum atomic E-state index is -0.960. The lowest BCUT2D eigenvalue weighted by Gasteiger charge is -2.30. The maximum atomic E-state index is 13.5. The molecule has 4 amide bonds. The molecule has 1 heterocycles. The molecule has 1 aliphatic heterocycles. The standard InChI is InChI=1S/C18H20FN3O5/c1-11-5-6-12(9-13(11)19)15(24)27-10-14(23)21-22-16(25)18(20-17(22)26)7-3-2-4-8-18/h5-6,9H,2-4,7-8,10H2,1H3,(H,20,26)(H,21,23). The second kappa shape index (κ2) is 7.34. The first kappa shape index (κ1) is 18.8. The van der Waals surface area contributed by atoms with Crippen LogP contribution in [-0.2, 0) is 14.3 Å². The van der Waals surface area contributed by atoms with E-state index in [9.17, 15) is 23.6 Å². The third-order valence-corrected chi connectivity index (χ3v) is 4.85. The molecule has 2 aliphatic rings. The van der Waals surface area contributed by atoms with Gasteiger partial charge in [0.05, 0.1) is 5.56 Å². The van der Waals surface area contributed by atoms with Gasteiger partial charge in [0.15, 0.2) is 6.61 Å². The van der Waals surface area contributed by atoms with Gasteiger partial charge in [0.1, 0.15) is 11.4 Å². The number of halogens is 1. The molecule has 0 unspecified atom stereocenters. The highest BCUT2D eigenvalue weighted by molar-refractivity contribution is 6.08. The molecule has 1 spiro atoms. The number of carbonyl (C=O) groups is 4. The Labute approximate surface area is 155 Å². The number of imide groups is 1.